The van der Waals surface area contributed by atoms with E-state index in [4.69, 9.17) is 0 Å². The van der Waals surface area contributed by atoms with Crippen LogP contribution in [0.1, 0.15) is 0 Å². The Morgan fingerprint density at radius 3 is 2.94 bits per heavy atom. The van der Waals surface area contributed by atoms with Gasteiger partial charge in [0, 0.05) is 17.0 Å². The molecule has 1 aromatic carbocycles. The molecule has 0 aliphatic heterocycles. The lowest BCUT2D eigenvalue weighted by molar-refractivity contribution is -0.111. The fourth-order valence-corrected chi connectivity index (χ4v) is 1.47. The van der Waals surface area contributed by atoms with Gasteiger partial charge in [-0.2, -0.15) is 0 Å². The minimum absolute atomic E-state index is 0.175. The molecule has 1 amide bonds. The van der Waals surface area contributed by atoms with E-state index >= 15 is 0 Å². The molecule has 1 heterocycles. The van der Waals surface area contributed by atoms with Crippen molar-refractivity contribution in [3.63, 3.8) is 0 Å². The maximum Gasteiger partial charge on any atom is 0.249 e. The number of carbonyl (C=O) groups excluding carboxylic acids is 1. The fraction of sp³-hybridized carbons (Fsp3) is 0. The summed E-state index contributed by atoms with van der Waals surface area (Å²) in [6.07, 6.45) is 4.58. The number of fused-ring (bicyclic) bond motifs is 1. The van der Waals surface area contributed by atoms with Gasteiger partial charge < -0.3 is 10.3 Å². The second-order valence-electron chi connectivity index (χ2n) is 3.35. The number of H-pyrrole nitrogens is 1. The van der Waals surface area contributed by atoms with Gasteiger partial charge in [0.1, 0.15) is 5.82 Å². The SMILES string of the molecule is C=CC=CC(=O)Nc1cc2ccccc2[nH]1. The highest BCUT2D eigenvalue weighted by atomic mass is 16.1. The molecule has 2 rings (SSSR count). The molecule has 16 heavy (non-hydrogen) atoms. The second-order valence-corrected chi connectivity index (χ2v) is 3.35. The van der Waals surface area contributed by atoms with Crippen molar-refractivity contribution in [2.75, 3.05) is 5.32 Å². The van der Waals surface area contributed by atoms with Gasteiger partial charge in [-0.05, 0) is 12.1 Å². The van der Waals surface area contributed by atoms with Gasteiger partial charge in [-0.25, -0.2) is 0 Å². The highest BCUT2D eigenvalue weighted by molar-refractivity contribution is 6.00. The van der Waals surface area contributed by atoms with Gasteiger partial charge >= 0.3 is 0 Å². The van der Waals surface area contributed by atoms with Gasteiger partial charge in [0.25, 0.3) is 0 Å². The lowest BCUT2D eigenvalue weighted by atomic mass is 10.2. The van der Waals surface area contributed by atoms with Gasteiger partial charge in [-0.1, -0.05) is 36.9 Å². The van der Waals surface area contributed by atoms with Crippen LogP contribution in [0.3, 0.4) is 0 Å². The number of hydrogen-bond donors (Lipinski definition) is 2. The predicted octanol–water partition coefficient (Wildman–Crippen LogP) is 2.85. The van der Waals surface area contributed by atoms with E-state index in [0.717, 1.165) is 10.9 Å². The molecule has 3 heteroatoms. The molecule has 0 saturated heterocycles. The molecule has 0 fully saturated rings. The molecule has 0 unspecified atom stereocenters. The Labute approximate surface area is 93.5 Å². The molecule has 80 valence electrons. The molecule has 0 spiro atoms. The first-order chi connectivity index (χ1) is 7.79. The van der Waals surface area contributed by atoms with Crippen molar-refractivity contribution >= 4 is 22.6 Å². The van der Waals surface area contributed by atoms with Crippen molar-refractivity contribution in [1.29, 1.82) is 0 Å². The Balaban J connectivity index is 2.18. The zero-order valence-electron chi connectivity index (χ0n) is 8.73. The van der Waals surface area contributed by atoms with E-state index in [1.54, 1.807) is 12.2 Å². The molecule has 0 radical (unpaired) electrons. The van der Waals surface area contributed by atoms with E-state index in [1.807, 2.05) is 30.3 Å². The minimum Gasteiger partial charge on any atom is -0.341 e. The molecule has 1 aromatic heterocycles. The van der Waals surface area contributed by atoms with E-state index in [0.29, 0.717) is 5.82 Å². The Hall–Kier alpha value is -2.29. The van der Waals surface area contributed by atoms with E-state index in [2.05, 4.69) is 16.9 Å². The first-order valence-corrected chi connectivity index (χ1v) is 4.97. The van der Waals surface area contributed by atoms with Crippen molar-refractivity contribution in [3.05, 3.63) is 55.1 Å². The van der Waals surface area contributed by atoms with Gasteiger partial charge in [0.2, 0.25) is 5.91 Å². The smallest absolute Gasteiger partial charge is 0.249 e. The summed E-state index contributed by atoms with van der Waals surface area (Å²) in [5, 5.41) is 3.81. The van der Waals surface area contributed by atoms with Crippen LogP contribution in [0.4, 0.5) is 5.82 Å². The van der Waals surface area contributed by atoms with Crippen molar-refractivity contribution in [2.45, 2.75) is 0 Å². The fourth-order valence-electron chi connectivity index (χ4n) is 1.47. The number of nitrogens with one attached hydrogen (secondary N) is 2. The Morgan fingerprint density at radius 1 is 1.38 bits per heavy atom. The van der Waals surface area contributed by atoms with Crippen molar-refractivity contribution < 1.29 is 4.79 Å². The third-order valence-corrected chi connectivity index (χ3v) is 2.17. The van der Waals surface area contributed by atoms with Crippen LogP contribution in [0.2, 0.25) is 0 Å². The Kier molecular flexibility index (Phi) is 2.87. The van der Waals surface area contributed by atoms with Crippen molar-refractivity contribution in [2.24, 2.45) is 0 Å². The zero-order valence-corrected chi connectivity index (χ0v) is 8.73. The molecule has 0 aliphatic carbocycles. The van der Waals surface area contributed by atoms with E-state index in [-0.39, 0.29) is 5.91 Å². The number of allylic oxidation sites excluding steroid dienone is 2. The van der Waals surface area contributed by atoms with Crippen molar-refractivity contribution in [3.8, 4) is 0 Å². The topological polar surface area (TPSA) is 44.9 Å². The number of hydrogen-bond acceptors (Lipinski definition) is 1. The van der Waals surface area contributed by atoms with E-state index in [9.17, 15) is 4.79 Å². The van der Waals surface area contributed by atoms with E-state index < -0.39 is 0 Å². The molecular weight excluding hydrogens is 200 g/mol. The standard InChI is InChI=1S/C13H12N2O/c1-2-3-8-13(16)15-12-9-10-6-4-5-7-11(10)14-12/h2-9,14H,1H2,(H,15,16). The van der Waals surface area contributed by atoms with Crippen LogP contribution in [0.5, 0.6) is 0 Å². The van der Waals surface area contributed by atoms with Crippen LogP contribution in [-0.4, -0.2) is 10.9 Å². The molecule has 0 saturated carbocycles. The third kappa shape index (κ3) is 2.20. The van der Waals surface area contributed by atoms with Crippen LogP contribution in [0.25, 0.3) is 10.9 Å². The number of carbonyl (C=O) groups is 1. The molecule has 0 aliphatic rings. The second kappa shape index (κ2) is 4.49. The Morgan fingerprint density at radius 2 is 2.19 bits per heavy atom. The summed E-state index contributed by atoms with van der Waals surface area (Å²) >= 11 is 0. The third-order valence-electron chi connectivity index (χ3n) is 2.17. The number of aromatic amines is 1. The number of para-hydroxylation sites is 1. The first kappa shape index (κ1) is 10.2. The maximum atomic E-state index is 11.4. The molecule has 0 atom stereocenters. The molecule has 0 bridgehead atoms. The normalized spacial score (nSPS) is 10.8. The summed E-state index contributed by atoms with van der Waals surface area (Å²) in [5.41, 5.74) is 1.01. The van der Waals surface area contributed by atoms with Gasteiger partial charge in [-0.3, -0.25) is 4.79 Å². The maximum absolute atomic E-state index is 11.4. The largest absolute Gasteiger partial charge is 0.341 e. The molecule has 2 aromatic rings. The predicted molar refractivity (Wildman–Crippen MR) is 66.3 cm³/mol. The summed E-state index contributed by atoms with van der Waals surface area (Å²) < 4.78 is 0. The monoisotopic (exact) mass is 212 g/mol. The zero-order chi connectivity index (χ0) is 11.4. The molecular formula is C13H12N2O. The lowest BCUT2D eigenvalue weighted by Gasteiger charge is -1.96. The summed E-state index contributed by atoms with van der Waals surface area (Å²) in [6, 6.07) is 9.75. The summed E-state index contributed by atoms with van der Waals surface area (Å²) in [5.74, 6) is 0.520. The summed E-state index contributed by atoms with van der Waals surface area (Å²) in [7, 11) is 0. The number of anilines is 1. The average molecular weight is 212 g/mol. The number of aromatic nitrogens is 1. The number of amides is 1. The van der Waals surface area contributed by atoms with Gasteiger partial charge in [0.05, 0.1) is 0 Å². The quantitative estimate of drug-likeness (QED) is 0.596. The number of rotatable bonds is 3. The molecule has 2 N–H and O–H groups in total. The Bertz CT molecular complexity index is 519. The summed E-state index contributed by atoms with van der Waals surface area (Å²) in [6.45, 7) is 3.50. The molecule has 3 nitrogen and oxygen atoms in total. The van der Waals surface area contributed by atoms with Crippen molar-refractivity contribution in [1.82, 2.24) is 4.98 Å². The number of benzene rings is 1. The average Bonchev–Trinajstić information content (AvgIpc) is 2.68. The van der Waals surface area contributed by atoms with Gasteiger partial charge in [0.15, 0.2) is 0 Å². The summed E-state index contributed by atoms with van der Waals surface area (Å²) in [4.78, 5) is 14.5. The lowest BCUT2D eigenvalue weighted by Crippen LogP contribution is -2.07. The van der Waals surface area contributed by atoms with Crippen LogP contribution >= 0.6 is 0 Å². The van der Waals surface area contributed by atoms with E-state index in [1.165, 1.54) is 6.08 Å². The van der Waals surface area contributed by atoms with Crippen LogP contribution in [0, 0.1) is 0 Å². The van der Waals surface area contributed by atoms with Crippen LogP contribution in [-0.2, 0) is 4.79 Å². The minimum atomic E-state index is -0.175. The highest BCUT2D eigenvalue weighted by Gasteiger charge is 2.01. The van der Waals surface area contributed by atoms with Crippen LogP contribution < -0.4 is 5.32 Å². The highest BCUT2D eigenvalue weighted by Crippen LogP contribution is 2.17. The van der Waals surface area contributed by atoms with Crippen LogP contribution in [0.15, 0.2) is 55.1 Å². The van der Waals surface area contributed by atoms with Gasteiger partial charge in [-0.15, -0.1) is 0 Å². The first-order valence-electron chi connectivity index (χ1n) is 4.97.